The highest BCUT2D eigenvalue weighted by atomic mass is 32.1. The Morgan fingerprint density at radius 2 is 2.00 bits per heavy atom. The third-order valence-electron chi connectivity index (χ3n) is 3.79. The smallest absolute Gasteiger partial charge is 0.269 e. The average Bonchev–Trinajstić information content (AvgIpc) is 2.60. The van der Waals surface area contributed by atoms with Crippen LogP contribution in [0, 0.1) is 10.1 Å². The first-order valence-corrected chi connectivity index (χ1v) is 7.75. The number of ether oxygens (including phenoxy) is 1. The minimum absolute atomic E-state index is 0.0689. The third-order valence-corrected chi connectivity index (χ3v) is 4.18. The van der Waals surface area contributed by atoms with Crippen molar-refractivity contribution < 1.29 is 9.66 Å². The normalized spacial score (nSPS) is 11.5. The van der Waals surface area contributed by atoms with E-state index in [9.17, 15) is 10.1 Å². The van der Waals surface area contributed by atoms with E-state index in [4.69, 9.17) is 17.0 Å². The molecule has 2 aromatic rings. The maximum Gasteiger partial charge on any atom is 0.269 e. The Labute approximate surface area is 146 Å². The highest BCUT2D eigenvalue weighted by molar-refractivity contribution is 7.80. The van der Waals surface area contributed by atoms with Crippen molar-refractivity contribution >= 4 is 28.7 Å². The Balaban J connectivity index is 2.11. The first kappa shape index (κ1) is 17.7. The molecule has 7 heteroatoms. The van der Waals surface area contributed by atoms with E-state index in [-0.39, 0.29) is 11.7 Å². The number of nitrogens with one attached hydrogen (secondary N) is 1. The van der Waals surface area contributed by atoms with Crippen molar-refractivity contribution in [3.63, 3.8) is 0 Å². The van der Waals surface area contributed by atoms with Crippen molar-refractivity contribution in [3.05, 3.63) is 64.2 Å². The number of thiocarbonyl (C=S) groups is 1. The van der Waals surface area contributed by atoms with Gasteiger partial charge in [0, 0.05) is 30.9 Å². The molecule has 1 atom stereocenters. The standard InChI is InChI=1S/C17H19N3O3S/c1-12(13-6-4-8-15(10-13)20(21)22)19(2)17(24)18-14-7-5-9-16(11-14)23-3/h4-12H,1-3H3,(H,18,24)/t12-/m0/s1. The Morgan fingerprint density at radius 1 is 1.29 bits per heavy atom. The molecule has 0 aliphatic rings. The van der Waals surface area contributed by atoms with E-state index in [2.05, 4.69) is 5.32 Å². The van der Waals surface area contributed by atoms with E-state index in [1.165, 1.54) is 6.07 Å². The van der Waals surface area contributed by atoms with E-state index in [1.807, 2.05) is 49.2 Å². The number of non-ortho nitro benzene ring substituents is 1. The molecule has 0 aromatic heterocycles. The number of rotatable bonds is 5. The van der Waals surface area contributed by atoms with Gasteiger partial charge in [0.2, 0.25) is 0 Å². The molecular weight excluding hydrogens is 326 g/mol. The average molecular weight is 345 g/mol. The van der Waals surface area contributed by atoms with Crippen LogP contribution in [-0.4, -0.2) is 29.1 Å². The molecule has 126 valence electrons. The van der Waals surface area contributed by atoms with Crippen LogP contribution in [0.4, 0.5) is 11.4 Å². The second-order valence-corrected chi connectivity index (χ2v) is 5.69. The van der Waals surface area contributed by atoms with Gasteiger partial charge in [-0.15, -0.1) is 0 Å². The van der Waals surface area contributed by atoms with Gasteiger partial charge in [0.25, 0.3) is 5.69 Å². The fourth-order valence-electron chi connectivity index (χ4n) is 2.21. The van der Waals surface area contributed by atoms with Gasteiger partial charge in [-0.1, -0.05) is 18.2 Å². The summed E-state index contributed by atoms with van der Waals surface area (Å²) in [6.45, 7) is 1.94. The molecule has 2 aromatic carbocycles. The van der Waals surface area contributed by atoms with Gasteiger partial charge in [-0.25, -0.2) is 0 Å². The van der Waals surface area contributed by atoms with Crippen LogP contribution in [0.15, 0.2) is 48.5 Å². The quantitative estimate of drug-likeness (QED) is 0.502. The summed E-state index contributed by atoms with van der Waals surface area (Å²) in [5.74, 6) is 0.734. The van der Waals surface area contributed by atoms with Gasteiger partial charge in [-0.3, -0.25) is 10.1 Å². The maximum absolute atomic E-state index is 10.9. The molecule has 0 radical (unpaired) electrons. The first-order chi connectivity index (χ1) is 11.4. The first-order valence-electron chi connectivity index (χ1n) is 7.34. The minimum atomic E-state index is -0.400. The summed E-state index contributed by atoms with van der Waals surface area (Å²) in [6, 6.07) is 13.9. The molecule has 0 fully saturated rings. The summed E-state index contributed by atoms with van der Waals surface area (Å²) in [7, 11) is 3.45. The summed E-state index contributed by atoms with van der Waals surface area (Å²) in [6.07, 6.45) is 0. The zero-order valence-corrected chi connectivity index (χ0v) is 14.5. The lowest BCUT2D eigenvalue weighted by Gasteiger charge is -2.28. The van der Waals surface area contributed by atoms with Crippen molar-refractivity contribution in [2.75, 3.05) is 19.5 Å². The zero-order valence-electron chi connectivity index (χ0n) is 13.7. The third kappa shape index (κ3) is 4.20. The highest BCUT2D eigenvalue weighted by Gasteiger charge is 2.17. The minimum Gasteiger partial charge on any atom is -0.497 e. The Hall–Kier alpha value is -2.67. The number of nitro groups is 1. The Morgan fingerprint density at radius 3 is 2.67 bits per heavy atom. The Kier molecular flexibility index (Phi) is 5.70. The van der Waals surface area contributed by atoms with Gasteiger partial charge in [-0.2, -0.15) is 0 Å². The predicted octanol–water partition coefficient (Wildman–Crippen LogP) is 3.99. The van der Waals surface area contributed by atoms with Gasteiger partial charge in [-0.05, 0) is 36.8 Å². The SMILES string of the molecule is COc1cccc(NC(=S)N(C)[C@@H](C)c2cccc([N+](=O)[O-])c2)c1. The van der Waals surface area contributed by atoms with Crippen LogP contribution in [-0.2, 0) is 0 Å². The molecule has 0 saturated heterocycles. The van der Waals surface area contributed by atoms with Gasteiger partial charge in [0.15, 0.2) is 5.11 Å². The van der Waals surface area contributed by atoms with E-state index in [0.717, 1.165) is 17.0 Å². The fraction of sp³-hybridized carbons (Fsp3) is 0.235. The van der Waals surface area contributed by atoms with Gasteiger partial charge in [0.05, 0.1) is 18.1 Å². The van der Waals surface area contributed by atoms with Gasteiger partial charge in [0.1, 0.15) is 5.75 Å². The topological polar surface area (TPSA) is 67.6 Å². The number of anilines is 1. The lowest BCUT2D eigenvalue weighted by molar-refractivity contribution is -0.384. The fourth-order valence-corrected chi connectivity index (χ4v) is 2.49. The van der Waals surface area contributed by atoms with Crippen LogP contribution in [0.25, 0.3) is 0 Å². The van der Waals surface area contributed by atoms with Crippen LogP contribution in [0.1, 0.15) is 18.5 Å². The summed E-state index contributed by atoms with van der Waals surface area (Å²) in [5, 5.41) is 14.6. The molecule has 0 bridgehead atoms. The molecule has 0 aliphatic heterocycles. The van der Waals surface area contributed by atoms with E-state index in [1.54, 1.807) is 19.2 Å². The molecule has 0 aliphatic carbocycles. The summed E-state index contributed by atoms with van der Waals surface area (Å²) in [5.41, 5.74) is 1.71. The lowest BCUT2D eigenvalue weighted by Crippen LogP contribution is -2.33. The number of methoxy groups -OCH3 is 1. The van der Waals surface area contributed by atoms with Crippen LogP contribution in [0.2, 0.25) is 0 Å². The van der Waals surface area contributed by atoms with Crippen molar-refractivity contribution in [1.82, 2.24) is 4.90 Å². The molecular formula is C17H19N3O3S. The van der Waals surface area contributed by atoms with Crippen LogP contribution in [0.3, 0.4) is 0 Å². The molecule has 0 heterocycles. The lowest BCUT2D eigenvalue weighted by atomic mass is 10.1. The highest BCUT2D eigenvalue weighted by Crippen LogP contribution is 2.24. The van der Waals surface area contributed by atoms with E-state index < -0.39 is 4.92 Å². The number of hydrogen-bond acceptors (Lipinski definition) is 4. The molecule has 6 nitrogen and oxygen atoms in total. The zero-order chi connectivity index (χ0) is 17.7. The summed E-state index contributed by atoms with van der Waals surface area (Å²) >= 11 is 5.44. The summed E-state index contributed by atoms with van der Waals surface area (Å²) in [4.78, 5) is 12.4. The summed E-state index contributed by atoms with van der Waals surface area (Å²) < 4.78 is 5.19. The Bertz CT molecular complexity index is 751. The van der Waals surface area contributed by atoms with E-state index >= 15 is 0 Å². The number of hydrogen-bond donors (Lipinski definition) is 1. The van der Waals surface area contributed by atoms with Gasteiger partial charge < -0.3 is 15.0 Å². The van der Waals surface area contributed by atoms with E-state index in [0.29, 0.717) is 5.11 Å². The molecule has 0 amide bonds. The second-order valence-electron chi connectivity index (χ2n) is 5.30. The van der Waals surface area contributed by atoms with Crippen molar-refractivity contribution in [1.29, 1.82) is 0 Å². The molecule has 0 saturated carbocycles. The van der Waals surface area contributed by atoms with Crippen molar-refractivity contribution in [2.24, 2.45) is 0 Å². The maximum atomic E-state index is 10.9. The van der Waals surface area contributed by atoms with Crippen LogP contribution in [0.5, 0.6) is 5.75 Å². The molecule has 24 heavy (non-hydrogen) atoms. The van der Waals surface area contributed by atoms with Crippen molar-refractivity contribution in [2.45, 2.75) is 13.0 Å². The number of nitrogens with zero attached hydrogens (tertiary/aromatic N) is 2. The second kappa shape index (κ2) is 7.74. The van der Waals surface area contributed by atoms with Crippen LogP contribution < -0.4 is 10.1 Å². The monoisotopic (exact) mass is 345 g/mol. The number of benzene rings is 2. The molecule has 0 unspecified atom stereocenters. The van der Waals surface area contributed by atoms with Crippen LogP contribution >= 0.6 is 12.2 Å². The van der Waals surface area contributed by atoms with Gasteiger partial charge >= 0.3 is 0 Å². The molecule has 2 rings (SSSR count). The molecule has 1 N–H and O–H groups in total. The van der Waals surface area contributed by atoms with Crippen molar-refractivity contribution in [3.8, 4) is 5.75 Å². The largest absolute Gasteiger partial charge is 0.497 e. The predicted molar refractivity (Wildman–Crippen MR) is 98.5 cm³/mol. The molecule has 0 spiro atoms. The number of nitro benzene ring substituents is 1.